The van der Waals surface area contributed by atoms with Crippen molar-refractivity contribution in [2.24, 2.45) is 10.4 Å². The van der Waals surface area contributed by atoms with Crippen LogP contribution < -0.4 is 4.74 Å². The van der Waals surface area contributed by atoms with Crippen LogP contribution in [0.4, 0.5) is 0 Å². The van der Waals surface area contributed by atoms with Gasteiger partial charge in [-0.3, -0.25) is 0 Å². The van der Waals surface area contributed by atoms with Crippen molar-refractivity contribution in [3.8, 4) is 5.75 Å². The topological polar surface area (TPSA) is 40.0 Å². The molecule has 0 radical (unpaired) electrons. The lowest BCUT2D eigenvalue weighted by Crippen LogP contribution is -2.44. The van der Waals surface area contributed by atoms with Crippen molar-refractivity contribution in [3.05, 3.63) is 40.7 Å². The lowest BCUT2D eigenvalue weighted by atomic mass is 9.90. The molecule has 4 nitrogen and oxygen atoms in total. The molecule has 126 valence electrons. The minimum Gasteiger partial charge on any atom is -0.532 e. The Kier molecular flexibility index (Phi) is 5.70. The Bertz CT molecular complexity index is 606. The van der Waals surface area contributed by atoms with Gasteiger partial charge in [-0.05, 0) is 44.4 Å². The Hall–Kier alpha value is -1.11. The molecule has 1 saturated heterocycles. The summed E-state index contributed by atoms with van der Waals surface area (Å²) in [6.45, 7) is 14.4. The number of hydrogen-bond donors (Lipinski definition) is 0. The van der Waals surface area contributed by atoms with Crippen molar-refractivity contribution in [1.29, 1.82) is 0 Å². The molecule has 0 atom stereocenters. The van der Waals surface area contributed by atoms with Gasteiger partial charge in [0, 0.05) is 21.7 Å². The maximum absolute atomic E-state index is 5.98. The Labute approximate surface area is 147 Å². The molecular formula is C17H24BrNO3Si. The Morgan fingerprint density at radius 2 is 2.13 bits per heavy atom. The Morgan fingerprint density at radius 3 is 2.70 bits per heavy atom. The van der Waals surface area contributed by atoms with E-state index < -0.39 is 8.32 Å². The number of benzene rings is 1. The molecular weight excluding hydrogens is 374 g/mol. The van der Waals surface area contributed by atoms with E-state index in [2.05, 4.69) is 54.1 Å². The summed E-state index contributed by atoms with van der Waals surface area (Å²) in [5.74, 6) is 1.24. The van der Waals surface area contributed by atoms with E-state index >= 15 is 0 Å². The van der Waals surface area contributed by atoms with E-state index in [4.69, 9.17) is 13.9 Å². The van der Waals surface area contributed by atoms with E-state index in [1.54, 1.807) is 6.21 Å². The third-order valence-corrected chi connectivity index (χ3v) is 4.56. The predicted molar refractivity (Wildman–Crippen MR) is 99.7 cm³/mol. The van der Waals surface area contributed by atoms with Gasteiger partial charge in [-0.15, -0.1) is 0 Å². The zero-order chi connectivity index (χ0) is 17.1. The van der Waals surface area contributed by atoms with Gasteiger partial charge in [-0.25, -0.2) is 4.99 Å². The molecule has 6 heteroatoms. The van der Waals surface area contributed by atoms with Crippen LogP contribution in [-0.4, -0.2) is 34.4 Å². The van der Waals surface area contributed by atoms with Gasteiger partial charge in [0.15, 0.2) is 5.88 Å². The number of nitrogens with zero attached hydrogens (tertiary/aromatic N) is 1. The van der Waals surface area contributed by atoms with Crippen molar-refractivity contribution in [2.75, 3.05) is 19.8 Å². The van der Waals surface area contributed by atoms with Crippen molar-refractivity contribution < 1.29 is 13.9 Å². The van der Waals surface area contributed by atoms with E-state index in [0.29, 0.717) is 12.5 Å². The predicted octanol–water partition coefficient (Wildman–Crippen LogP) is 4.61. The fourth-order valence-electron chi connectivity index (χ4n) is 2.06. The molecule has 1 aromatic rings. The third-order valence-electron chi connectivity index (χ3n) is 3.22. The van der Waals surface area contributed by atoms with Crippen molar-refractivity contribution >= 4 is 30.5 Å². The highest BCUT2D eigenvalue weighted by atomic mass is 79.9. The molecule has 1 fully saturated rings. The molecule has 0 bridgehead atoms. The second kappa shape index (κ2) is 7.19. The monoisotopic (exact) mass is 397 g/mol. The molecule has 0 saturated carbocycles. The normalized spacial score (nSPS) is 16.9. The second-order valence-corrected chi connectivity index (χ2v) is 12.5. The average Bonchev–Trinajstić information content (AvgIpc) is 2.40. The average molecular weight is 398 g/mol. The van der Waals surface area contributed by atoms with Gasteiger partial charge < -0.3 is 13.9 Å². The summed E-state index contributed by atoms with van der Waals surface area (Å²) in [5.41, 5.74) is 0.995. The molecule has 1 heterocycles. The van der Waals surface area contributed by atoms with E-state index in [0.717, 1.165) is 29.0 Å². The van der Waals surface area contributed by atoms with E-state index in [9.17, 15) is 0 Å². The van der Waals surface area contributed by atoms with Gasteiger partial charge in [0.2, 0.25) is 8.32 Å². The van der Waals surface area contributed by atoms with Crippen LogP contribution in [0.25, 0.3) is 0 Å². The molecule has 1 aliphatic heterocycles. The van der Waals surface area contributed by atoms with E-state index in [1.165, 1.54) is 0 Å². The highest BCUT2D eigenvalue weighted by molar-refractivity contribution is 9.10. The van der Waals surface area contributed by atoms with Crippen LogP contribution in [-0.2, 0) is 9.16 Å². The minimum absolute atomic E-state index is 0.103. The van der Waals surface area contributed by atoms with Crippen LogP contribution in [0, 0.1) is 5.41 Å². The standard InChI is InChI=1S/C17H24BrNO3Si/c1-13(22-23(3,4)5)19-9-14-8-15(18)6-7-16(14)21-12-17(2)10-20-11-17/h6-9H,1,10-12H2,2-5H3/b19-9+. The zero-order valence-electron chi connectivity index (χ0n) is 14.2. The molecule has 1 aromatic carbocycles. The first-order valence-corrected chi connectivity index (χ1v) is 11.8. The Morgan fingerprint density at radius 1 is 1.43 bits per heavy atom. The number of rotatable bonds is 7. The minimum atomic E-state index is -1.69. The summed E-state index contributed by atoms with van der Waals surface area (Å²) in [5, 5.41) is 0. The number of aliphatic imine (C=N–C) groups is 1. The SMILES string of the molecule is C=C(/N=C/c1cc(Br)ccc1OCC1(C)COC1)O[Si](C)(C)C. The fraction of sp³-hybridized carbons (Fsp3) is 0.471. The zero-order valence-corrected chi connectivity index (χ0v) is 16.8. The smallest absolute Gasteiger partial charge is 0.244 e. The van der Waals surface area contributed by atoms with E-state index in [1.807, 2.05) is 18.2 Å². The van der Waals surface area contributed by atoms with Gasteiger partial charge in [0.25, 0.3) is 0 Å². The van der Waals surface area contributed by atoms with Crippen LogP contribution in [0.1, 0.15) is 12.5 Å². The highest BCUT2D eigenvalue weighted by Crippen LogP contribution is 2.29. The molecule has 0 N–H and O–H groups in total. The largest absolute Gasteiger partial charge is 0.532 e. The summed E-state index contributed by atoms with van der Waals surface area (Å²) in [7, 11) is -1.69. The summed E-state index contributed by atoms with van der Waals surface area (Å²) in [6, 6.07) is 5.87. The van der Waals surface area contributed by atoms with Gasteiger partial charge in [0.05, 0.1) is 19.8 Å². The molecule has 23 heavy (non-hydrogen) atoms. The first kappa shape index (κ1) is 18.2. The van der Waals surface area contributed by atoms with Crippen molar-refractivity contribution in [1.82, 2.24) is 0 Å². The van der Waals surface area contributed by atoms with Gasteiger partial charge >= 0.3 is 0 Å². The third kappa shape index (κ3) is 5.79. The van der Waals surface area contributed by atoms with E-state index in [-0.39, 0.29) is 5.41 Å². The van der Waals surface area contributed by atoms with Crippen LogP contribution in [0.15, 0.2) is 40.1 Å². The summed E-state index contributed by atoms with van der Waals surface area (Å²) >= 11 is 3.48. The van der Waals surface area contributed by atoms with Crippen LogP contribution in [0.3, 0.4) is 0 Å². The highest BCUT2D eigenvalue weighted by Gasteiger charge is 2.34. The molecule has 0 aromatic heterocycles. The van der Waals surface area contributed by atoms with Crippen LogP contribution >= 0.6 is 15.9 Å². The molecule has 2 rings (SSSR count). The fourth-order valence-corrected chi connectivity index (χ4v) is 3.20. The van der Waals surface area contributed by atoms with Crippen molar-refractivity contribution in [3.63, 3.8) is 0 Å². The first-order valence-electron chi connectivity index (χ1n) is 7.59. The second-order valence-electron chi connectivity index (χ2n) is 7.14. The lowest BCUT2D eigenvalue weighted by molar-refractivity contribution is -0.120. The molecule has 0 unspecified atom stereocenters. The summed E-state index contributed by atoms with van der Waals surface area (Å²) in [4.78, 5) is 4.33. The first-order chi connectivity index (χ1) is 10.7. The van der Waals surface area contributed by atoms with Gasteiger partial charge in [-0.2, -0.15) is 0 Å². The quantitative estimate of drug-likeness (QED) is 0.383. The van der Waals surface area contributed by atoms with Crippen LogP contribution in [0.5, 0.6) is 5.75 Å². The number of ether oxygens (including phenoxy) is 2. The molecule has 1 aliphatic rings. The molecule has 0 aliphatic carbocycles. The lowest BCUT2D eigenvalue weighted by Gasteiger charge is -2.37. The van der Waals surface area contributed by atoms with Crippen LogP contribution in [0.2, 0.25) is 19.6 Å². The Balaban J connectivity index is 2.07. The summed E-state index contributed by atoms with van der Waals surface area (Å²) in [6.07, 6.45) is 1.74. The maximum atomic E-state index is 5.98. The van der Waals surface area contributed by atoms with Gasteiger partial charge in [-0.1, -0.05) is 22.9 Å². The van der Waals surface area contributed by atoms with Crippen molar-refractivity contribution in [2.45, 2.75) is 26.6 Å². The molecule has 0 amide bonds. The number of hydrogen-bond acceptors (Lipinski definition) is 4. The van der Waals surface area contributed by atoms with Gasteiger partial charge in [0.1, 0.15) is 5.75 Å². The molecule has 0 spiro atoms. The maximum Gasteiger partial charge on any atom is 0.244 e. The summed E-state index contributed by atoms with van der Waals surface area (Å²) < 4.78 is 18.0. The number of halogens is 1.